The van der Waals surface area contributed by atoms with E-state index in [4.69, 9.17) is 9.47 Å². The number of rotatable bonds is 5. The van der Waals surface area contributed by atoms with E-state index < -0.39 is 0 Å². The Morgan fingerprint density at radius 2 is 2.40 bits per heavy atom. The molecule has 1 aliphatic heterocycles. The highest BCUT2D eigenvalue weighted by Gasteiger charge is 2.15. The standard InChI is InChI=1S/C15H20N2O2S/c1-2-18-11-6-7-13-14(9-11)17-15(16-13)20-10-12-5-3-4-8-19-12/h6-7,9,12H,2-5,8,10H2,1H3,(H,16,17). The summed E-state index contributed by atoms with van der Waals surface area (Å²) in [4.78, 5) is 7.94. The molecule has 3 rings (SSSR count). The molecular formula is C15H20N2O2S. The topological polar surface area (TPSA) is 47.1 Å². The van der Waals surface area contributed by atoms with Gasteiger partial charge in [0.1, 0.15) is 5.75 Å². The molecule has 1 unspecified atom stereocenters. The van der Waals surface area contributed by atoms with Crippen molar-refractivity contribution in [1.82, 2.24) is 9.97 Å². The number of aromatic nitrogens is 2. The third kappa shape index (κ3) is 3.27. The molecule has 4 nitrogen and oxygen atoms in total. The smallest absolute Gasteiger partial charge is 0.166 e. The Morgan fingerprint density at radius 3 is 3.20 bits per heavy atom. The van der Waals surface area contributed by atoms with Gasteiger partial charge in [0.15, 0.2) is 5.16 Å². The summed E-state index contributed by atoms with van der Waals surface area (Å²) in [6.07, 6.45) is 4.03. The number of aromatic amines is 1. The molecule has 1 saturated heterocycles. The van der Waals surface area contributed by atoms with Crippen LogP contribution in [-0.4, -0.2) is 35.0 Å². The van der Waals surface area contributed by atoms with Crippen molar-refractivity contribution in [3.8, 4) is 5.75 Å². The fourth-order valence-electron chi connectivity index (χ4n) is 2.40. The van der Waals surface area contributed by atoms with Gasteiger partial charge in [0, 0.05) is 18.4 Å². The molecular weight excluding hydrogens is 272 g/mol. The third-order valence-electron chi connectivity index (χ3n) is 3.42. The van der Waals surface area contributed by atoms with Gasteiger partial charge in [-0.15, -0.1) is 0 Å². The molecule has 108 valence electrons. The lowest BCUT2D eigenvalue weighted by molar-refractivity contribution is 0.0315. The third-order valence-corrected chi connectivity index (χ3v) is 4.43. The second-order valence-electron chi connectivity index (χ2n) is 4.95. The number of nitrogens with one attached hydrogen (secondary N) is 1. The average molecular weight is 292 g/mol. The van der Waals surface area contributed by atoms with Crippen LogP contribution in [0.1, 0.15) is 26.2 Å². The van der Waals surface area contributed by atoms with Gasteiger partial charge in [0.2, 0.25) is 0 Å². The molecule has 20 heavy (non-hydrogen) atoms. The fraction of sp³-hybridized carbons (Fsp3) is 0.533. The van der Waals surface area contributed by atoms with Crippen LogP contribution in [0, 0.1) is 0 Å². The average Bonchev–Trinajstić information content (AvgIpc) is 2.89. The zero-order chi connectivity index (χ0) is 13.8. The number of ether oxygens (including phenoxy) is 2. The van der Waals surface area contributed by atoms with Crippen LogP contribution in [0.5, 0.6) is 5.75 Å². The summed E-state index contributed by atoms with van der Waals surface area (Å²) in [5.41, 5.74) is 2.02. The van der Waals surface area contributed by atoms with E-state index >= 15 is 0 Å². The maximum Gasteiger partial charge on any atom is 0.166 e. The number of benzene rings is 1. The monoisotopic (exact) mass is 292 g/mol. The summed E-state index contributed by atoms with van der Waals surface area (Å²) in [5, 5.41) is 0.961. The Bertz CT molecular complexity index is 564. The lowest BCUT2D eigenvalue weighted by Gasteiger charge is -2.21. The highest BCUT2D eigenvalue weighted by atomic mass is 32.2. The first-order valence-corrected chi connectivity index (χ1v) is 8.20. The minimum atomic E-state index is 0.376. The van der Waals surface area contributed by atoms with E-state index in [1.807, 2.05) is 25.1 Å². The maximum absolute atomic E-state index is 5.74. The van der Waals surface area contributed by atoms with E-state index in [1.165, 1.54) is 19.3 Å². The van der Waals surface area contributed by atoms with E-state index in [2.05, 4.69) is 9.97 Å². The Kier molecular flexibility index (Phi) is 4.47. The lowest BCUT2D eigenvalue weighted by atomic mass is 10.1. The van der Waals surface area contributed by atoms with Crippen LogP contribution in [0.4, 0.5) is 0 Å². The minimum absolute atomic E-state index is 0.376. The van der Waals surface area contributed by atoms with Crippen molar-refractivity contribution >= 4 is 22.8 Å². The number of imidazole rings is 1. The summed E-state index contributed by atoms with van der Waals surface area (Å²) in [6.45, 7) is 3.58. The van der Waals surface area contributed by atoms with Crippen LogP contribution >= 0.6 is 11.8 Å². The van der Waals surface area contributed by atoms with Crippen molar-refractivity contribution < 1.29 is 9.47 Å². The molecule has 1 aromatic heterocycles. The number of H-pyrrole nitrogens is 1. The number of fused-ring (bicyclic) bond motifs is 1. The van der Waals surface area contributed by atoms with Crippen molar-refractivity contribution in [2.75, 3.05) is 19.0 Å². The van der Waals surface area contributed by atoms with Gasteiger partial charge in [-0.05, 0) is 38.3 Å². The summed E-state index contributed by atoms with van der Waals surface area (Å²) in [6, 6.07) is 5.97. The van der Waals surface area contributed by atoms with Gasteiger partial charge in [-0.2, -0.15) is 0 Å². The molecule has 0 spiro atoms. The predicted molar refractivity (Wildman–Crippen MR) is 81.6 cm³/mol. The number of nitrogens with zero attached hydrogens (tertiary/aromatic N) is 1. The van der Waals surface area contributed by atoms with Crippen molar-refractivity contribution in [3.63, 3.8) is 0 Å². The highest BCUT2D eigenvalue weighted by Crippen LogP contribution is 2.25. The van der Waals surface area contributed by atoms with Crippen LogP contribution in [0.25, 0.3) is 11.0 Å². The van der Waals surface area contributed by atoms with Crippen molar-refractivity contribution in [1.29, 1.82) is 0 Å². The molecule has 0 amide bonds. The van der Waals surface area contributed by atoms with Crippen molar-refractivity contribution in [2.45, 2.75) is 37.4 Å². The first-order chi connectivity index (χ1) is 9.85. The van der Waals surface area contributed by atoms with Gasteiger partial charge in [-0.3, -0.25) is 0 Å². The van der Waals surface area contributed by atoms with Crippen molar-refractivity contribution in [2.24, 2.45) is 0 Å². The van der Waals surface area contributed by atoms with Crippen LogP contribution in [-0.2, 0) is 4.74 Å². The Labute approximate surface area is 123 Å². The minimum Gasteiger partial charge on any atom is -0.494 e. The molecule has 0 bridgehead atoms. The van der Waals surface area contributed by atoms with Gasteiger partial charge in [0.05, 0.1) is 23.7 Å². The summed E-state index contributed by atoms with van der Waals surface area (Å²) in [7, 11) is 0. The second kappa shape index (κ2) is 6.50. The molecule has 0 saturated carbocycles. The summed E-state index contributed by atoms with van der Waals surface area (Å²) >= 11 is 1.74. The maximum atomic E-state index is 5.74. The van der Waals surface area contributed by atoms with Gasteiger partial charge in [0.25, 0.3) is 0 Å². The lowest BCUT2D eigenvalue weighted by Crippen LogP contribution is -2.21. The van der Waals surface area contributed by atoms with E-state index in [-0.39, 0.29) is 0 Å². The Morgan fingerprint density at radius 1 is 1.45 bits per heavy atom. The first kappa shape index (κ1) is 13.8. The van der Waals surface area contributed by atoms with E-state index in [1.54, 1.807) is 11.8 Å². The summed E-state index contributed by atoms with van der Waals surface area (Å²) < 4.78 is 11.2. The second-order valence-corrected chi connectivity index (χ2v) is 5.96. The van der Waals surface area contributed by atoms with Crippen LogP contribution in [0.2, 0.25) is 0 Å². The SMILES string of the molecule is CCOc1ccc2nc(SCC3CCCCO3)[nH]c2c1. The molecule has 5 heteroatoms. The molecule has 1 aromatic carbocycles. The largest absolute Gasteiger partial charge is 0.494 e. The predicted octanol–water partition coefficient (Wildman–Crippen LogP) is 3.62. The zero-order valence-electron chi connectivity index (χ0n) is 11.7. The molecule has 2 aromatic rings. The van der Waals surface area contributed by atoms with Gasteiger partial charge in [-0.1, -0.05) is 11.8 Å². The first-order valence-electron chi connectivity index (χ1n) is 7.22. The van der Waals surface area contributed by atoms with Gasteiger partial charge in [-0.25, -0.2) is 4.98 Å². The molecule has 0 aliphatic carbocycles. The number of thioether (sulfide) groups is 1. The number of hydrogen-bond acceptors (Lipinski definition) is 4. The van der Waals surface area contributed by atoms with Crippen molar-refractivity contribution in [3.05, 3.63) is 18.2 Å². The summed E-state index contributed by atoms with van der Waals surface area (Å²) in [5.74, 6) is 1.86. The molecule has 1 N–H and O–H groups in total. The molecule has 0 radical (unpaired) electrons. The van der Waals surface area contributed by atoms with Crippen LogP contribution in [0.15, 0.2) is 23.4 Å². The Balaban J connectivity index is 1.65. The zero-order valence-corrected chi connectivity index (χ0v) is 12.5. The quantitative estimate of drug-likeness (QED) is 0.855. The van der Waals surface area contributed by atoms with Crippen LogP contribution < -0.4 is 4.74 Å². The van der Waals surface area contributed by atoms with E-state index in [0.717, 1.165) is 34.3 Å². The van der Waals surface area contributed by atoms with Gasteiger partial charge >= 0.3 is 0 Å². The highest BCUT2D eigenvalue weighted by molar-refractivity contribution is 7.99. The normalized spacial score (nSPS) is 19.4. The van der Waals surface area contributed by atoms with E-state index in [0.29, 0.717) is 12.7 Å². The Hall–Kier alpha value is -1.20. The molecule has 1 fully saturated rings. The number of hydrogen-bond donors (Lipinski definition) is 1. The fourth-order valence-corrected chi connectivity index (χ4v) is 3.35. The molecule has 1 atom stereocenters. The molecule has 1 aliphatic rings. The van der Waals surface area contributed by atoms with Crippen LogP contribution in [0.3, 0.4) is 0 Å². The van der Waals surface area contributed by atoms with Gasteiger partial charge < -0.3 is 14.5 Å². The van der Waals surface area contributed by atoms with E-state index in [9.17, 15) is 0 Å². The molecule has 2 heterocycles.